The number of carbonyl (C=O) groups excluding carboxylic acids is 2. The summed E-state index contributed by atoms with van der Waals surface area (Å²) in [5.74, 6) is -3.74. The number of aromatic nitrogens is 2. The molecule has 1 aliphatic rings. The molecule has 2 amide bonds. The van der Waals surface area contributed by atoms with E-state index in [-0.39, 0.29) is 22.0 Å². The van der Waals surface area contributed by atoms with Crippen molar-refractivity contribution in [3.8, 4) is 11.4 Å². The molecule has 7 nitrogen and oxygen atoms in total. The highest BCUT2D eigenvalue weighted by atomic mass is 35.5. The van der Waals surface area contributed by atoms with Gasteiger partial charge in [0.1, 0.15) is 5.75 Å². The highest BCUT2D eigenvalue weighted by Gasteiger charge is 2.27. The van der Waals surface area contributed by atoms with Gasteiger partial charge in [-0.2, -0.15) is 5.10 Å². The third-order valence-electron chi connectivity index (χ3n) is 4.79. The van der Waals surface area contributed by atoms with Crippen LogP contribution in [0.3, 0.4) is 0 Å². The lowest BCUT2D eigenvalue weighted by Gasteiger charge is -2.08. The maximum absolute atomic E-state index is 13.6. The Kier molecular flexibility index (Phi) is 5.13. The van der Waals surface area contributed by atoms with Crippen LogP contribution >= 0.6 is 11.6 Å². The van der Waals surface area contributed by atoms with Crippen LogP contribution in [-0.4, -0.2) is 26.7 Å². The van der Waals surface area contributed by atoms with Gasteiger partial charge in [0.25, 0.3) is 11.8 Å². The summed E-state index contributed by atoms with van der Waals surface area (Å²) in [7, 11) is 0. The average Bonchev–Trinajstić information content (AvgIpc) is 3.32. The van der Waals surface area contributed by atoms with E-state index in [2.05, 4.69) is 16.0 Å². The number of nitrogens with one attached hydrogen (secondary N) is 2. The van der Waals surface area contributed by atoms with Crippen LogP contribution in [0.25, 0.3) is 5.69 Å². The lowest BCUT2D eigenvalue weighted by molar-refractivity contribution is 0.0841. The number of carbonyl (C=O) groups is 2. The fraction of sp³-hybridized carbons (Fsp3) is 0.150. The number of nitrogens with zero attached hydrogens (tertiary/aromatic N) is 2. The van der Waals surface area contributed by atoms with Crippen LogP contribution in [-0.2, 0) is 12.8 Å². The molecule has 30 heavy (non-hydrogen) atoms. The summed E-state index contributed by atoms with van der Waals surface area (Å²) in [5, 5.41) is 14.3. The summed E-state index contributed by atoms with van der Waals surface area (Å²) < 4.78 is 28.3. The molecular formula is C20H15ClF2N4O3. The van der Waals surface area contributed by atoms with Crippen molar-refractivity contribution in [1.29, 1.82) is 0 Å². The molecule has 3 N–H and O–H groups in total. The second kappa shape index (κ2) is 7.75. The zero-order valence-electron chi connectivity index (χ0n) is 15.4. The molecular weight excluding hydrogens is 418 g/mol. The molecule has 1 aliphatic carbocycles. The van der Waals surface area contributed by atoms with E-state index in [1.165, 1.54) is 28.9 Å². The predicted molar refractivity (Wildman–Crippen MR) is 104 cm³/mol. The second-order valence-electron chi connectivity index (χ2n) is 6.71. The summed E-state index contributed by atoms with van der Waals surface area (Å²) in [6.45, 7) is 0. The molecule has 0 fully saturated rings. The van der Waals surface area contributed by atoms with Crippen LogP contribution in [0.15, 0.2) is 36.4 Å². The molecule has 4 rings (SSSR count). The Morgan fingerprint density at radius 2 is 1.80 bits per heavy atom. The second-order valence-corrected chi connectivity index (χ2v) is 7.14. The molecule has 0 spiro atoms. The standard InChI is InChI=1S/C20H15ClF2N4O3/c21-10-4-7-17(28)13(8-10)19(29)24-25-20(30)18-12-2-1-3-16(12)27(26-18)11-5-6-14(22)15(23)9-11/h4-9,28H,1-3H2,(H,24,29)(H,25,30). The van der Waals surface area contributed by atoms with Gasteiger partial charge in [0.15, 0.2) is 17.3 Å². The lowest BCUT2D eigenvalue weighted by Crippen LogP contribution is -2.42. The minimum atomic E-state index is -1.02. The first-order valence-electron chi connectivity index (χ1n) is 9.00. The van der Waals surface area contributed by atoms with Crippen LogP contribution in [0.5, 0.6) is 5.75 Å². The first kappa shape index (κ1) is 19.8. The van der Waals surface area contributed by atoms with E-state index in [0.29, 0.717) is 24.1 Å². The molecule has 0 atom stereocenters. The van der Waals surface area contributed by atoms with Gasteiger partial charge >= 0.3 is 0 Å². The summed E-state index contributed by atoms with van der Waals surface area (Å²) in [6, 6.07) is 7.30. The van der Waals surface area contributed by atoms with Crippen molar-refractivity contribution >= 4 is 23.4 Å². The molecule has 1 aromatic heterocycles. The fourth-order valence-corrected chi connectivity index (χ4v) is 3.55. The van der Waals surface area contributed by atoms with Gasteiger partial charge in [-0.05, 0) is 49.6 Å². The van der Waals surface area contributed by atoms with Crippen molar-refractivity contribution in [2.45, 2.75) is 19.3 Å². The number of benzene rings is 2. The van der Waals surface area contributed by atoms with Gasteiger partial charge in [0, 0.05) is 22.3 Å². The smallest absolute Gasteiger partial charge is 0.290 e. The highest BCUT2D eigenvalue weighted by molar-refractivity contribution is 6.31. The Bertz CT molecular complexity index is 1180. The van der Waals surface area contributed by atoms with E-state index in [4.69, 9.17) is 11.6 Å². The van der Waals surface area contributed by atoms with Crippen molar-refractivity contribution in [3.63, 3.8) is 0 Å². The van der Waals surface area contributed by atoms with E-state index < -0.39 is 23.4 Å². The Morgan fingerprint density at radius 3 is 2.57 bits per heavy atom. The number of halogens is 3. The highest BCUT2D eigenvalue weighted by Crippen LogP contribution is 2.28. The monoisotopic (exact) mass is 432 g/mol. The van der Waals surface area contributed by atoms with Crippen molar-refractivity contribution in [2.75, 3.05) is 0 Å². The van der Waals surface area contributed by atoms with E-state index >= 15 is 0 Å². The number of rotatable bonds is 3. The van der Waals surface area contributed by atoms with Crippen LogP contribution in [0.1, 0.15) is 38.5 Å². The number of hydrazine groups is 1. The minimum absolute atomic E-state index is 0.0721. The number of aromatic hydroxyl groups is 1. The molecule has 0 bridgehead atoms. The number of fused-ring (bicyclic) bond motifs is 1. The summed E-state index contributed by atoms with van der Waals surface area (Å²) in [6.07, 6.45) is 1.99. The fourth-order valence-electron chi connectivity index (χ4n) is 3.38. The predicted octanol–water partition coefficient (Wildman–Crippen LogP) is 3.07. The molecule has 1 heterocycles. The van der Waals surface area contributed by atoms with Crippen LogP contribution in [0, 0.1) is 11.6 Å². The van der Waals surface area contributed by atoms with E-state index in [9.17, 15) is 23.5 Å². The average molecular weight is 433 g/mol. The Hall–Kier alpha value is -3.46. The van der Waals surface area contributed by atoms with Crippen molar-refractivity contribution in [1.82, 2.24) is 20.6 Å². The minimum Gasteiger partial charge on any atom is -0.507 e. The quantitative estimate of drug-likeness (QED) is 0.554. The van der Waals surface area contributed by atoms with Gasteiger partial charge < -0.3 is 5.11 Å². The maximum atomic E-state index is 13.6. The van der Waals surface area contributed by atoms with E-state index in [1.807, 2.05) is 0 Å². The third kappa shape index (κ3) is 3.59. The number of phenolic OH excluding ortho intramolecular Hbond substituents is 1. The Morgan fingerprint density at radius 1 is 1.03 bits per heavy atom. The third-order valence-corrected chi connectivity index (χ3v) is 5.02. The van der Waals surface area contributed by atoms with Gasteiger partial charge in [0.05, 0.1) is 11.3 Å². The maximum Gasteiger partial charge on any atom is 0.290 e. The number of hydrogen-bond acceptors (Lipinski definition) is 4. The van der Waals surface area contributed by atoms with Crippen LogP contribution < -0.4 is 10.9 Å². The molecule has 3 aromatic rings. The van der Waals surface area contributed by atoms with Gasteiger partial charge in [-0.25, -0.2) is 13.5 Å². The first-order valence-corrected chi connectivity index (χ1v) is 9.38. The molecule has 0 saturated carbocycles. The van der Waals surface area contributed by atoms with Crippen molar-refractivity contribution in [2.24, 2.45) is 0 Å². The molecule has 0 radical (unpaired) electrons. The van der Waals surface area contributed by atoms with Crippen LogP contribution in [0.4, 0.5) is 8.78 Å². The summed E-state index contributed by atoms with van der Waals surface area (Å²) in [4.78, 5) is 24.9. The van der Waals surface area contributed by atoms with E-state index in [0.717, 1.165) is 24.2 Å². The molecule has 10 heteroatoms. The number of phenols is 1. The Labute approximate surface area is 174 Å². The van der Waals surface area contributed by atoms with Gasteiger partial charge in [-0.15, -0.1) is 0 Å². The summed E-state index contributed by atoms with van der Waals surface area (Å²) in [5.41, 5.74) is 6.12. The van der Waals surface area contributed by atoms with Gasteiger partial charge in [-0.3, -0.25) is 20.4 Å². The molecule has 2 aromatic carbocycles. The SMILES string of the molecule is O=C(NNC(=O)c1nn(-c2ccc(F)c(F)c2)c2c1CCC2)c1cc(Cl)ccc1O. The normalized spacial score (nSPS) is 12.5. The zero-order chi connectivity index (χ0) is 21.4. The zero-order valence-corrected chi connectivity index (χ0v) is 16.1. The summed E-state index contributed by atoms with van der Waals surface area (Å²) >= 11 is 5.82. The topological polar surface area (TPSA) is 96.3 Å². The molecule has 0 unspecified atom stereocenters. The van der Waals surface area contributed by atoms with Crippen molar-refractivity contribution in [3.05, 3.63) is 75.6 Å². The van der Waals surface area contributed by atoms with Crippen molar-refractivity contribution < 1.29 is 23.5 Å². The number of hydrogen-bond donors (Lipinski definition) is 3. The lowest BCUT2D eigenvalue weighted by atomic mass is 10.2. The van der Waals surface area contributed by atoms with Gasteiger partial charge in [-0.1, -0.05) is 11.6 Å². The van der Waals surface area contributed by atoms with E-state index in [1.54, 1.807) is 0 Å². The molecule has 0 saturated heterocycles. The number of amides is 2. The molecule has 0 aliphatic heterocycles. The largest absolute Gasteiger partial charge is 0.507 e. The first-order chi connectivity index (χ1) is 14.3. The molecule has 154 valence electrons. The van der Waals surface area contributed by atoms with Crippen LogP contribution in [0.2, 0.25) is 5.02 Å². The Balaban J connectivity index is 1.57. The van der Waals surface area contributed by atoms with Gasteiger partial charge in [0.2, 0.25) is 0 Å².